The number of hydrogen-bond donors (Lipinski definition) is 1. The molecule has 2 heterocycles. The first-order valence-corrected chi connectivity index (χ1v) is 14.2. The molecule has 5 nitrogen and oxygen atoms in total. The number of nitrogens with zero attached hydrogens (tertiary/aromatic N) is 2. The molecule has 2 aliphatic rings. The van der Waals surface area contributed by atoms with Gasteiger partial charge in [-0.3, -0.25) is 14.5 Å². The Morgan fingerprint density at radius 1 is 1.08 bits per heavy atom. The Hall–Kier alpha value is -3.35. The zero-order valence-electron chi connectivity index (χ0n) is 22.4. The molecule has 2 aliphatic heterocycles. The van der Waals surface area contributed by atoms with Crippen molar-refractivity contribution in [1.29, 1.82) is 0 Å². The highest BCUT2D eigenvalue weighted by atomic mass is 32.2. The average molecular weight is 526 g/mol. The number of amides is 2. The van der Waals surface area contributed by atoms with Gasteiger partial charge >= 0.3 is 0 Å². The normalized spacial score (nSPS) is 18.6. The molecule has 0 radical (unpaired) electrons. The Morgan fingerprint density at radius 3 is 2.66 bits per heavy atom. The first-order chi connectivity index (χ1) is 18.4. The van der Waals surface area contributed by atoms with Gasteiger partial charge in [-0.2, -0.15) is 0 Å². The van der Waals surface area contributed by atoms with E-state index in [9.17, 15) is 9.59 Å². The summed E-state index contributed by atoms with van der Waals surface area (Å²) in [6.07, 6.45) is 4.26. The maximum atomic E-state index is 13.7. The summed E-state index contributed by atoms with van der Waals surface area (Å²) in [5.74, 6) is -0.0580. The van der Waals surface area contributed by atoms with Crippen LogP contribution in [0, 0.1) is 13.8 Å². The minimum Gasteiger partial charge on any atom is -0.350 e. The number of thioether (sulfide) groups is 1. The molecule has 5 rings (SSSR count). The largest absolute Gasteiger partial charge is 0.350 e. The maximum absolute atomic E-state index is 13.7. The number of rotatable bonds is 7. The van der Waals surface area contributed by atoms with Crippen molar-refractivity contribution in [2.24, 2.45) is 0 Å². The van der Waals surface area contributed by atoms with Gasteiger partial charge in [-0.15, -0.1) is 0 Å². The molecular formula is C32H35N3O2S. The van der Waals surface area contributed by atoms with Gasteiger partial charge in [0, 0.05) is 23.0 Å². The zero-order valence-corrected chi connectivity index (χ0v) is 23.2. The van der Waals surface area contributed by atoms with Crippen molar-refractivity contribution in [1.82, 2.24) is 10.2 Å². The molecule has 1 unspecified atom stereocenters. The summed E-state index contributed by atoms with van der Waals surface area (Å²) in [5.41, 5.74) is 5.98. The number of para-hydroxylation sites is 1. The molecule has 1 atom stereocenters. The van der Waals surface area contributed by atoms with E-state index in [0.29, 0.717) is 29.6 Å². The first kappa shape index (κ1) is 26.3. The monoisotopic (exact) mass is 525 g/mol. The van der Waals surface area contributed by atoms with E-state index in [1.807, 2.05) is 53.4 Å². The number of fused-ring (bicyclic) bond motifs is 1. The molecule has 0 bridgehead atoms. The molecule has 6 heteroatoms. The van der Waals surface area contributed by atoms with Gasteiger partial charge in [0.2, 0.25) is 0 Å². The van der Waals surface area contributed by atoms with Crippen molar-refractivity contribution in [3.8, 4) is 0 Å². The standard InChI is InChI=1S/C32H35N3O2S/c1-4-34-17-7-8-27(34)20-33-31(36)25-15-13-24(14-16-25)19-30-32(37)35(28-9-5-6-10-29(28)38-30)21-26-18-22(2)11-12-23(26)3/h5-6,9-16,18-19,27H,4,7-8,17,20-21H2,1-3H3,(H,33,36). The van der Waals surface area contributed by atoms with Crippen LogP contribution in [0.25, 0.3) is 6.08 Å². The van der Waals surface area contributed by atoms with Crippen LogP contribution in [0.1, 0.15) is 52.4 Å². The van der Waals surface area contributed by atoms with E-state index in [2.05, 4.69) is 55.3 Å². The second-order valence-electron chi connectivity index (χ2n) is 10.2. The number of hydrogen-bond acceptors (Lipinski definition) is 4. The molecule has 0 saturated carbocycles. The van der Waals surface area contributed by atoms with Gasteiger partial charge < -0.3 is 10.2 Å². The van der Waals surface area contributed by atoms with Crippen molar-refractivity contribution in [3.05, 3.63) is 99.5 Å². The average Bonchev–Trinajstić information content (AvgIpc) is 3.39. The summed E-state index contributed by atoms with van der Waals surface area (Å²) < 4.78 is 0. The van der Waals surface area contributed by atoms with Gasteiger partial charge in [0.1, 0.15) is 0 Å². The molecular weight excluding hydrogens is 490 g/mol. The van der Waals surface area contributed by atoms with Gasteiger partial charge in [0.05, 0.1) is 17.1 Å². The lowest BCUT2D eigenvalue weighted by molar-refractivity contribution is -0.114. The summed E-state index contributed by atoms with van der Waals surface area (Å²) in [6.45, 7) is 9.68. The molecule has 38 heavy (non-hydrogen) atoms. The van der Waals surface area contributed by atoms with Crippen molar-refractivity contribution >= 4 is 35.3 Å². The van der Waals surface area contributed by atoms with Gasteiger partial charge in [-0.1, -0.05) is 66.7 Å². The van der Waals surface area contributed by atoms with Crippen molar-refractivity contribution in [2.45, 2.75) is 51.1 Å². The Labute approximate surface area is 229 Å². The van der Waals surface area contributed by atoms with Gasteiger partial charge in [0.15, 0.2) is 0 Å². The minimum absolute atomic E-state index is 0.00605. The van der Waals surface area contributed by atoms with Crippen LogP contribution in [0.2, 0.25) is 0 Å². The predicted octanol–water partition coefficient (Wildman–Crippen LogP) is 6.20. The third-order valence-corrected chi connectivity index (χ3v) is 8.62. The number of likely N-dealkylation sites (N-methyl/N-ethyl adjacent to an activating group) is 1. The van der Waals surface area contributed by atoms with Crippen LogP contribution < -0.4 is 10.2 Å². The lowest BCUT2D eigenvalue weighted by Crippen LogP contribution is -2.40. The maximum Gasteiger partial charge on any atom is 0.265 e. The van der Waals surface area contributed by atoms with Crippen LogP contribution in [-0.4, -0.2) is 42.4 Å². The molecule has 0 aliphatic carbocycles. The third-order valence-electron chi connectivity index (χ3n) is 7.54. The fourth-order valence-electron chi connectivity index (χ4n) is 5.30. The second kappa shape index (κ2) is 11.6. The van der Waals surface area contributed by atoms with Gasteiger partial charge in [-0.25, -0.2) is 0 Å². The highest BCUT2D eigenvalue weighted by Gasteiger charge is 2.29. The SMILES string of the molecule is CCN1CCCC1CNC(=O)c1ccc(C=C2Sc3ccccc3N(Cc3cc(C)ccc3C)C2=O)cc1. The number of carbonyl (C=O) groups is 2. The number of aryl methyl sites for hydroxylation is 2. The predicted molar refractivity (Wildman–Crippen MR) is 156 cm³/mol. The summed E-state index contributed by atoms with van der Waals surface area (Å²) >= 11 is 1.50. The van der Waals surface area contributed by atoms with Crippen LogP contribution in [0.15, 0.2) is 76.5 Å². The molecule has 3 aromatic carbocycles. The summed E-state index contributed by atoms with van der Waals surface area (Å²) in [6, 6.07) is 22.4. The second-order valence-corrected chi connectivity index (χ2v) is 11.2. The molecule has 1 fully saturated rings. The van der Waals surface area contributed by atoms with E-state index in [-0.39, 0.29) is 11.8 Å². The third kappa shape index (κ3) is 5.71. The van der Waals surface area contributed by atoms with E-state index in [1.165, 1.54) is 29.3 Å². The van der Waals surface area contributed by atoms with Crippen LogP contribution in [-0.2, 0) is 11.3 Å². The van der Waals surface area contributed by atoms with Crippen LogP contribution in [0.5, 0.6) is 0 Å². The van der Waals surface area contributed by atoms with Crippen LogP contribution in [0.4, 0.5) is 5.69 Å². The minimum atomic E-state index is -0.0519. The number of benzene rings is 3. The number of carbonyl (C=O) groups excluding carboxylic acids is 2. The molecule has 0 spiro atoms. The first-order valence-electron chi connectivity index (χ1n) is 13.4. The van der Waals surface area contributed by atoms with E-state index in [0.717, 1.165) is 41.2 Å². The van der Waals surface area contributed by atoms with Crippen molar-refractivity contribution in [3.63, 3.8) is 0 Å². The lowest BCUT2D eigenvalue weighted by atomic mass is 10.0. The van der Waals surface area contributed by atoms with Crippen LogP contribution >= 0.6 is 11.8 Å². The van der Waals surface area contributed by atoms with Gasteiger partial charge in [-0.05, 0) is 86.8 Å². The highest BCUT2D eigenvalue weighted by molar-refractivity contribution is 8.04. The molecule has 3 aromatic rings. The Balaban J connectivity index is 1.33. The number of likely N-dealkylation sites (tertiary alicyclic amines) is 1. The Kier molecular flexibility index (Phi) is 8.01. The van der Waals surface area contributed by atoms with E-state index < -0.39 is 0 Å². The molecule has 1 saturated heterocycles. The van der Waals surface area contributed by atoms with Crippen LogP contribution in [0.3, 0.4) is 0 Å². The molecule has 1 N–H and O–H groups in total. The smallest absolute Gasteiger partial charge is 0.265 e. The number of anilines is 1. The molecule has 196 valence electrons. The Morgan fingerprint density at radius 2 is 1.87 bits per heavy atom. The molecule has 0 aromatic heterocycles. The quantitative estimate of drug-likeness (QED) is 0.373. The van der Waals surface area contributed by atoms with Gasteiger partial charge in [0.25, 0.3) is 11.8 Å². The topological polar surface area (TPSA) is 52.7 Å². The summed E-state index contributed by atoms with van der Waals surface area (Å²) in [7, 11) is 0. The van der Waals surface area contributed by atoms with Crippen molar-refractivity contribution in [2.75, 3.05) is 24.5 Å². The van der Waals surface area contributed by atoms with E-state index in [1.54, 1.807) is 0 Å². The fraction of sp³-hybridized carbons (Fsp3) is 0.312. The fourth-order valence-corrected chi connectivity index (χ4v) is 6.36. The van der Waals surface area contributed by atoms with E-state index >= 15 is 0 Å². The van der Waals surface area contributed by atoms with E-state index in [4.69, 9.17) is 0 Å². The van der Waals surface area contributed by atoms with Crippen molar-refractivity contribution < 1.29 is 9.59 Å². The summed E-state index contributed by atoms with van der Waals surface area (Å²) in [4.78, 5) is 32.5. The number of nitrogens with one attached hydrogen (secondary N) is 1. The lowest BCUT2D eigenvalue weighted by Gasteiger charge is -2.31. The highest BCUT2D eigenvalue weighted by Crippen LogP contribution is 2.42. The Bertz CT molecular complexity index is 1370. The molecule has 2 amide bonds. The zero-order chi connectivity index (χ0) is 26.6. The summed E-state index contributed by atoms with van der Waals surface area (Å²) in [5, 5.41) is 3.10.